The second-order valence-electron chi connectivity index (χ2n) is 20.8. The second-order valence-corrected chi connectivity index (χ2v) is 21.9. The number of unbranched alkanes of at least 4 members (excludes halogenated alkanes) is 28. The molecule has 1 aromatic carbocycles. The molecule has 1 aliphatic heterocycles. The van der Waals surface area contributed by atoms with E-state index in [1.54, 1.807) is 12.1 Å². The van der Waals surface area contributed by atoms with Gasteiger partial charge in [-0.05, 0) is 43.4 Å². The number of benzene rings is 1. The van der Waals surface area contributed by atoms with Gasteiger partial charge in [0.1, 0.15) is 6.61 Å². The summed E-state index contributed by atoms with van der Waals surface area (Å²) in [6, 6.07) is 7.22. The van der Waals surface area contributed by atoms with Crippen molar-refractivity contribution in [3.05, 3.63) is 42.0 Å². The standard InChI is InChI=1S/C61H104N2O11.H3O4P/c1-3-5-7-9-11-13-15-17-19-21-23-25-27-29-31-36-60(67)73-53-56(74-61(68)37-32-30-28-26-24-22-20-18-16-14-12-10-8-6-4-2)52-72-51-50-71-49-48-70-47-46-69-45-44-62-57(64)35-33-34-54-38-40-55(41-39-54)63-58(65)42-43-59(63)66;1-5(2,3)4/h38-43,56H,3-37,44-53H2,1-2H3,(H,62,64);(H3,1,2,3,4)/t56-;/m0./s1. The third kappa shape index (κ3) is 48.8. The first kappa shape index (κ1) is 73.5. The molecule has 0 bridgehead atoms. The van der Waals surface area contributed by atoms with Gasteiger partial charge in [-0.25, -0.2) is 9.46 Å². The van der Waals surface area contributed by atoms with E-state index >= 15 is 0 Å². The average molecular weight is 1140 g/mol. The van der Waals surface area contributed by atoms with Crippen molar-refractivity contribution >= 4 is 43.2 Å². The first-order chi connectivity index (χ1) is 38.3. The number of ether oxygens (including phenoxy) is 6. The number of nitrogens with zero attached hydrogens (tertiary/aromatic N) is 1. The van der Waals surface area contributed by atoms with Crippen molar-refractivity contribution in [1.29, 1.82) is 0 Å². The van der Waals surface area contributed by atoms with Crippen LogP contribution in [0.1, 0.15) is 238 Å². The lowest BCUT2D eigenvalue weighted by Gasteiger charge is -2.18. The smallest absolute Gasteiger partial charge is 0.462 e. The Hall–Kier alpha value is -3.54. The number of rotatable bonds is 54. The van der Waals surface area contributed by atoms with E-state index < -0.39 is 13.9 Å². The summed E-state index contributed by atoms with van der Waals surface area (Å²) in [5.41, 5.74) is 1.56. The summed E-state index contributed by atoms with van der Waals surface area (Å²) in [7, 11) is -4.64. The van der Waals surface area contributed by atoms with Crippen molar-refractivity contribution in [2.75, 3.05) is 70.9 Å². The molecule has 0 fully saturated rings. The molecule has 456 valence electrons. The van der Waals surface area contributed by atoms with Crippen LogP contribution in [-0.4, -0.2) is 116 Å². The highest BCUT2D eigenvalue weighted by atomic mass is 31.2. The van der Waals surface area contributed by atoms with Crippen LogP contribution in [0.3, 0.4) is 0 Å². The maximum Gasteiger partial charge on any atom is 0.466 e. The summed E-state index contributed by atoms with van der Waals surface area (Å²) >= 11 is 0. The van der Waals surface area contributed by atoms with Crippen LogP contribution in [0.2, 0.25) is 0 Å². The SMILES string of the molecule is CCCCCCCCCCCCCCCCCC(=O)OC[C@H](COCCOCCOCCOCCNC(=O)CCCc1ccc(N2C(=O)C=CC2=O)cc1)OC(=O)CCCCCCCCCCCCCCCCC.O=P(O)(O)O. The number of hydrogen-bond donors (Lipinski definition) is 4. The number of esters is 2. The third-order valence-electron chi connectivity index (χ3n) is 13.6. The number of anilines is 1. The molecular weight excluding hydrogens is 1030 g/mol. The van der Waals surface area contributed by atoms with Crippen LogP contribution in [-0.2, 0) is 63.4 Å². The summed E-state index contributed by atoms with van der Waals surface area (Å²) in [5.74, 6) is -1.28. The zero-order valence-corrected chi connectivity index (χ0v) is 49.9. The van der Waals surface area contributed by atoms with Crippen molar-refractivity contribution in [3.8, 4) is 0 Å². The summed E-state index contributed by atoms with van der Waals surface area (Å²) in [5, 5.41) is 2.87. The predicted molar refractivity (Wildman–Crippen MR) is 311 cm³/mol. The van der Waals surface area contributed by atoms with Crippen molar-refractivity contribution < 1.29 is 71.6 Å². The fourth-order valence-corrected chi connectivity index (χ4v) is 9.05. The lowest BCUT2D eigenvalue weighted by Crippen LogP contribution is -2.30. The number of carbonyl (C=O) groups excluding carboxylic acids is 5. The van der Waals surface area contributed by atoms with Gasteiger partial charge >= 0.3 is 19.8 Å². The van der Waals surface area contributed by atoms with E-state index in [-0.39, 0.29) is 42.9 Å². The molecule has 0 radical (unpaired) electrons. The Morgan fingerprint density at radius 2 is 0.848 bits per heavy atom. The maximum atomic E-state index is 12.8. The lowest BCUT2D eigenvalue weighted by molar-refractivity contribution is -0.163. The predicted octanol–water partition coefficient (Wildman–Crippen LogP) is 12.7. The van der Waals surface area contributed by atoms with E-state index in [1.807, 2.05) is 12.1 Å². The maximum absolute atomic E-state index is 12.8. The van der Waals surface area contributed by atoms with Gasteiger partial charge < -0.3 is 48.4 Å². The van der Waals surface area contributed by atoms with Crippen LogP contribution in [0, 0.1) is 0 Å². The molecule has 0 spiro atoms. The number of imide groups is 1. The van der Waals surface area contributed by atoms with Crippen LogP contribution >= 0.6 is 7.82 Å². The van der Waals surface area contributed by atoms with Gasteiger partial charge in [0, 0.05) is 38.0 Å². The van der Waals surface area contributed by atoms with Crippen molar-refractivity contribution in [1.82, 2.24) is 5.32 Å². The van der Waals surface area contributed by atoms with Crippen molar-refractivity contribution in [2.45, 2.75) is 245 Å². The van der Waals surface area contributed by atoms with E-state index in [9.17, 15) is 24.0 Å². The highest BCUT2D eigenvalue weighted by Crippen LogP contribution is 2.26. The average Bonchev–Trinajstić information content (AvgIpc) is 3.78. The number of amides is 3. The highest BCUT2D eigenvalue weighted by Gasteiger charge is 2.25. The number of nitrogens with one attached hydrogen (secondary N) is 1. The molecule has 18 heteroatoms. The summed E-state index contributed by atoms with van der Waals surface area (Å²) in [6.45, 7) is 7.62. The molecule has 3 amide bonds. The molecule has 1 atom stereocenters. The van der Waals surface area contributed by atoms with Crippen LogP contribution in [0.15, 0.2) is 36.4 Å². The molecule has 1 aromatic rings. The molecule has 0 unspecified atom stereocenters. The van der Waals surface area contributed by atoms with Gasteiger partial charge in [-0.1, -0.05) is 206 Å². The first-order valence-corrected chi connectivity index (χ1v) is 32.3. The summed E-state index contributed by atoms with van der Waals surface area (Å²) in [6.07, 6.45) is 42.4. The summed E-state index contributed by atoms with van der Waals surface area (Å²) < 4.78 is 42.9. The van der Waals surface area contributed by atoms with Gasteiger partial charge in [0.05, 0.1) is 58.5 Å². The molecular formula is C61H107N2O15P. The molecule has 1 aliphatic rings. The Labute approximate surface area is 476 Å². The Morgan fingerprint density at radius 1 is 0.481 bits per heavy atom. The molecule has 17 nitrogen and oxygen atoms in total. The van der Waals surface area contributed by atoms with E-state index in [0.29, 0.717) is 90.6 Å². The van der Waals surface area contributed by atoms with Gasteiger partial charge in [-0.2, -0.15) is 0 Å². The number of phosphoric acid groups is 1. The van der Waals surface area contributed by atoms with Crippen LogP contribution in [0.25, 0.3) is 0 Å². The van der Waals surface area contributed by atoms with Gasteiger partial charge in [0.2, 0.25) is 5.91 Å². The molecule has 0 saturated heterocycles. The first-order valence-electron chi connectivity index (χ1n) is 30.7. The highest BCUT2D eigenvalue weighted by molar-refractivity contribution is 7.45. The molecule has 0 saturated carbocycles. The fourth-order valence-electron chi connectivity index (χ4n) is 9.05. The Balaban J connectivity index is 0.00000595. The minimum absolute atomic E-state index is 0.0171. The summed E-state index contributed by atoms with van der Waals surface area (Å²) in [4.78, 5) is 84.2. The van der Waals surface area contributed by atoms with E-state index in [1.165, 1.54) is 166 Å². The van der Waals surface area contributed by atoms with Gasteiger partial charge in [0.15, 0.2) is 6.10 Å². The Kier molecular flexibility index (Phi) is 48.9. The van der Waals surface area contributed by atoms with Crippen LogP contribution < -0.4 is 10.2 Å². The van der Waals surface area contributed by atoms with Crippen LogP contribution in [0.5, 0.6) is 0 Å². The normalized spacial score (nSPS) is 12.7. The molecule has 2 rings (SSSR count). The molecule has 4 N–H and O–H groups in total. The fraction of sp³-hybridized carbons (Fsp3) is 0.787. The van der Waals surface area contributed by atoms with Crippen molar-refractivity contribution in [2.24, 2.45) is 0 Å². The van der Waals surface area contributed by atoms with E-state index in [2.05, 4.69) is 19.2 Å². The molecule has 79 heavy (non-hydrogen) atoms. The zero-order chi connectivity index (χ0) is 57.7. The minimum atomic E-state index is -4.64. The van der Waals surface area contributed by atoms with Gasteiger partial charge in [-0.3, -0.25) is 24.0 Å². The van der Waals surface area contributed by atoms with E-state index in [4.69, 9.17) is 47.7 Å². The second kappa shape index (κ2) is 52.5. The topological polar surface area (TPSA) is 234 Å². The number of hydrogen-bond acceptors (Lipinski definition) is 12. The van der Waals surface area contributed by atoms with Gasteiger partial charge in [0.25, 0.3) is 11.8 Å². The Bertz CT molecular complexity index is 1720. The largest absolute Gasteiger partial charge is 0.466 e. The molecule has 0 aliphatic carbocycles. The third-order valence-corrected chi connectivity index (χ3v) is 13.6. The van der Waals surface area contributed by atoms with Crippen LogP contribution in [0.4, 0.5) is 5.69 Å². The number of carbonyl (C=O) groups is 5. The van der Waals surface area contributed by atoms with E-state index in [0.717, 1.165) is 49.0 Å². The zero-order valence-electron chi connectivity index (χ0n) is 49.0. The molecule has 1 heterocycles. The lowest BCUT2D eigenvalue weighted by atomic mass is 10.0. The van der Waals surface area contributed by atoms with Crippen molar-refractivity contribution in [3.63, 3.8) is 0 Å². The minimum Gasteiger partial charge on any atom is -0.462 e. The quantitative estimate of drug-likeness (QED) is 0.0206. The van der Waals surface area contributed by atoms with Gasteiger partial charge in [-0.15, -0.1) is 0 Å². The monoisotopic (exact) mass is 1140 g/mol. The molecule has 0 aromatic heterocycles. The Morgan fingerprint density at radius 3 is 1.27 bits per heavy atom. The number of aryl methyl sites for hydroxylation is 1.